The van der Waals surface area contributed by atoms with E-state index in [0.29, 0.717) is 11.6 Å². The molecule has 1 heterocycles. The fourth-order valence-corrected chi connectivity index (χ4v) is 1.96. The third-order valence-electron chi connectivity index (χ3n) is 2.81. The Hall–Kier alpha value is -1.09. The minimum Gasteiger partial charge on any atom is -0.396 e. The van der Waals surface area contributed by atoms with Crippen LogP contribution in [-0.4, -0.2) is 13.1 Å². The molecule has 0 amide bonds. The van der Waals surface area contributed by atoms with E-state index in [4.69, 9.17) is 5.73 Å². The summed E-state index contributed by atoms with van der Waals surface area (Å²) in [6.07, 6.45) is 2.05. The lowest BCUT2D eigenvalue weighted by Crippen LogP contribution is -2.11. The van der Waals surface area contributed by atoms with Gasteiger partial charge in [0.05, 0.1) is 5.69 Å². The van der Waals surface area contributed by atoms with Crippen molar-refractivity contribution in [2.75, 3.05) is 18.8 Å². The standard InChI is InChI=1S/C11H15FN2/c12-10-3-1-2-9(11(10)13)6-8-4-5-14-7-8/h1-3,8,14H,4-7,13H2. The Balaban J connectivity index is 2.11. The van der Waals surface area contributed by atoms with Crippen LogP contribution in [0, 0.1) is 11.7 Å². The van der Waals surface area contributed by atoms with E-state index < -0.39 is 0 Å². The van der Waals surface area contributed by atoms with Gasteiger partial charge in [-0.1, -0.05) is 12.1 Å². The molecular weight excluding hydrogens is 179 g/mol. The summed E-state index contributed by atoms with van der Waals surface area (Å²) in [7, 11) is 0. The van der Waals surface area contributed by atoms with Crippen molar-refractivity contribution in [1.29, 1.82) is 0 Å². The smallest absolute Gasteiger partial charge is 0.146 e. The lowest BCUT2D eigenvalue weighted by Gasteiger charge is -2.10. The summed E-state index contributed by atoms with van der Waals surface area (Å²) in [5.74, 6) is 0.313. The molecule has 1 fully saturated rings. The van der Waals surface area contributed by atoms with Crippen LogP contribution in [0.15, 0.2) is 18.2 Å². The van der Waals surface area contributed by atoms with Crippen molar-refractivity contribution in [3.05, 3.63) is 29.6 Å². The predicted octanol–water partition coefficient (Wildman–Crippen LogP) is 1.56. The van der Waals surface area contributed by atoms with Gasteiger partial charge in [-0.3, -0.25) is 0 Å². The average Bonchev–Trinajstić information content (AvgIpc) is 2.66. The SMILES string of the molecule is Nc1c(F)cccc1CC1CCNC1. The van der Waals surface area contributed by atoms with E-state index in [1.807, 2.05) is 6.07 Å². The van der Waals surface area contributed by atoms with Crippen molar-refractivity contribution >= 4 is 5.69 Å². The molecule has 1 aliphatic rings. The third-order valence-corrected chi connectivity index (χ3v) is 2.81. The molecule has 1 aromatic rings. The zero-order chi connectivity index (χ0) is 9.97. The maximum Gasteiger partial charge on any atom is 0.146 e. The molecule has 0 saturated carbocycles. The number of anilines is 1. The summed E-state index contributed by atoms with van der Waals surface area (Å²) in [5.41, 5.74) is 6.93. The zero-order valence-electron chi connectivity index (χ0n) is 8.09. The van der Waals surface area contributed by atoms with Crippen LogP contribution in [0.5, 0.6) is 0 Å². The number of nitrogens with two attached hydrogens (primary N) is 1. The lowest BCUT2D eigenvalue weighted by molar-refractivity contribution is 0.575. The fraction of sp³-hybridized carbons (Fsp3) is 0.455. The lowest BCUT2D eigenvalue weighted by atomic mass is 9.97. The average molecular weight is 194 g/mol. The van der Waals surface area contributed by atoms with E-state index in [1.165, 1.54) is 6.07 Å². The van der Waals surface area contributed by atoms with E-state index >= 15 is 0 Å². The molecule has 1 aromatic carbocycles. The van der Waals surface area contributed by atoms with Crippen molar-refractivity contribution in [1.82, 2.24) is 5.32 Å². The third kappa shape index (κ3) is 1.87. The molecular formula is C11H15FN2. The normalized spacial score (nSPS) is 21.4. The maximum atomic E-state index is 13.1. The molecule has 1 unspecified atom stereocenters. The van der Waals surface area contributed by atoms with Gasteiger partial charge in [0.2, 0.25) is 0 Å². The summed E-state index contributed by atoms with van der Waals surface area (Å²) in [6.45, 7) is 2.09. The zero-order valence-corrected chi connectivity index (χ0v) is 8.09. The molecule has 1 saturated heterocycles. The second kappa shape index (κ2) is 3.96. The van der Waals surface area contributed by atoms with Gasteiger partial charge < -0.3 is 11.1 Å². The maximum absolute atomic E-state index is 13.1. The van der Waals surface area contributed by atoms with E-state index in [-0.39, 0.29) is 5.82 Å². The van der Waals surface area contributed by atoms with Crippen LogP contribution in [0.3, 0.4) is 0 Å². The molecule has 0 spiro atoms. The summed E-state index contributed by atoms with van der Waals surface area (Å²) in [6, 6.07) is 5.05. The molecule has 0 aromatic heterocycles. The van der Waals surface area contributed by atoms with Gasteiger partial charge in [-0.25, -0.2) is 4.39 Å². The van der Waals surface area contributed by atoms with Gasteiger partial charge in [0.1, 0.15) is 5.82 Å². The molecule has 2 nitrogen and oxygen atoms in total. The topological polar surface area (TPSA) is 38.0 Å². The van der Waals surface area contributed by atoms with Gasteiger partial charge in [-0.15, -0.1) is 0 Å². The molecule has 3 heteroatoms. The van der Waals surface area contributed by atoms with Gasteiger partial charge in [0.25, 0.3) is 0 Å². The molecule has 0 bridgehead atoms. The Bertz CT molecular complexity index is 319. The van der Waals surface area contributed by atoms with Crippen molar-refractivity contribution in [2.45, 2.75) is 12.8 Å². The Kier molecular flexibility index (Phi) is 2.68. The van der Waals surface area contributed by atoms with Gasteiger partial charge >= 0.3 is 0 Å². The Morgan fingerprint density at radius 3 is 3.07 bits per heavy atom. The molecule has 3 N–H and O–H groups in total. The first kappa shape index (κ1) is 9.46. The van der Waals surface area contributed by atoms with Crippen LogP contribution < -0.4 is 11.1 Å². The van der Waals surface area contributed by atoms with Crippen LogP contribution in [-0.2, 0) is 6.42 Å². The Labute approximate surface area is 83.3 Å². The van der Waals surface area contributed by atoms with Crippen LogP contribution in [0.2, 0.25) is 0 Å². The van der Waals surface area contributed by atoms with Crippen LogP contribution in [0.1, 0.15) is 12.0 Å². The minimum absolute atomic E-state index is 0.298. The molecule has 0 radical (unpaired) electrons. The summed E-state index contributed by atoms with van der Waals surface area (Å²) < 4.78 is 13.1. The number of rotatable bonds is 2. The number of nitrogen functional groups attached to an aromatic ring is 1. The number of halogens is 1. The van der Waals surface area contributed by atoms with E-state index in [2.05, 4.69) is 5.32 Å². The van der Waals surface area contributed by atoms with Crippen molar-refractivity contribution < 1.29 is 4.39 Å². The Morgan fingerprint density at radius 2 is 2.36 bits per heavy atom. The van der Waals surface area contributed by atoms with Crippen LogP contribution in [0.4, 0.5) is 10.1 Å². The second-order valence-electron chi connectivity index (χ2n) is 3.88. The van der Waals surface area contributed by atoms with E-state index in [0.717, 1.165) is 31.5 Å². The summed E-state index contributed by atoms with van der Waals surface area (Å²) in [5, 5.41) is 3.29. The number of hydrogen-bond acceptors (Lipinski definition) is 2. The highest BCUT2D eigenvalue weighted by atomic mass is 19.1. The highest BCUT2D eigenvalue weighted by Crippen LogP contribution is 2.21. The minimum atomic E-state index is -0.298. The van der Waals surface area contributed by atoms with E-state index in [9.17, 15) is 4.39 Å². The Morgan fingerprint density at radius 1 is 1.50 bits per heavy atom. The van der Waals surface area contributed by atoms with Crippen molar-refractivity contribution in [2.24, 2.45) is 5.92 Å². The summed E-state index contributed by atoms with van der Waals surface area (Å²) >= 11 is 0. The first-order chi connectivity index (χ1) is 6.77. The predicted molar refractivity (Wildman–Crippen MR) is 55.5 cm³/mol. The molecule has 14 heavy (non-hydrogen) atoms. The van der Waals surface area contributed by atoms with E-state index in [1.54, 1.807) is 6.07 Å². The monoisotopic (exact) mass is 194 g/mol. The van der Waals surface area contributed by atoms with Crippen LogP contribution >= 0.6 is 0 Å². The van der Waals surface area contributed by atoms with Crippen LogP contribution in [0.25, 0.3) is 0 Å². The number of benzene rings is 1. The molecule has 2 rings (SSSR count). The highest BCUT2D eigenvalue weighted by molar-refractivity contribution is 5.48. The highest BCUT2D eigenvalue weighted by Gasteiger charge is 2.16. The number of hydrogen-bond donors (Lipinski definition) is 2. The summed E-state index contributed by atoms with van der Waals surface area (Å²) in [4.78, 5) is 0. The first-order valence-corrected chi connectivity index (χ1v) is 5.01. The van der Waals surface area contributed by atoms with Gasteiger partial charge in [-0.2, -0.15) is 0 Å². The number of para-hydroxylation sites is 1. The molecule has 1 atom stereocenters. The quantitative estimate of drug-likeness (QED) is 0.701. The molecule has 1 aliphatic heterocycles. The second-order valence-corrected chi connectivity index (χ2v) is 3.88. The first-order valence-electron chi connectivity index (χ1n) is 5.01. The molecule has 0 aliphatic carbocycles. The largest absolute Gasteiger partial charge is 0.396 e. The van der Waals surface area contributed by atoms with Crippen molar-refractivity contribution in [3.8, 4) is 0 Å². The fourth-order valence-electron chi connectivity index (χ4n) is 1.96. The van der Waals surface area contributed by atoms with Crippen molar-refractivity contribution in [3.63, 3.8) is 0 Å². The van der Waals surface area contributed by atoms with Gasteiger partial charge in [0.15, 0.2) is 0 Å². The molecule has 76 valence electrons. The number of nitrogens with one attached hydrogen (secondary N) is 1. The van der Waals surface area contributed by atoms with Gasteiger partial charge in [-0.05, 0) is 43.5 Å². The van der Waals surface area contributed by atoms with Gasteiger partial charge in [0, 0.05) is 0 Å².